The summed E-state index contributed by atoms with van der Waals surface area (Å²) in [7, 11) is 0. The molecule has 0 bridgehead atoms. The van der Waals surface area contributed by atoms with Gasteiger partial charge in [-0.25, -0.2) is 0 Å². The first-order chi connectivity index (χ1) is 25.7. The molecule has 1 atom stereocenters. The van der Waals surface area contributed by atoms with E-state index < -0.39 is 5.41 Å². The van der Waals surface area contributed by atoms with Gasteiger partial charge in [0, 0.05) is 31.5 Å². The van der Waals surface area contributed by atoms with Crippen molar-refractivity contribution in [3.63, 3.8) is 0 Å². The molecular weight excluding hydrogens is 667 g/mol. The quantitative estimate of drug-likeness (QED) is 0.128. The summed E-state index contributed by atoms with van der Waals surface area (Å²) >= 11 is 7.27. The average molecular weight is 704 g/mol. The zero-order chi connectivity index (χ0) is 35.1. The van der Waals surface area contributed by atoms with Crippen LogP contribution in [0.15, 0.2) is 197 Å². The number of allylic oxidation sites excluding steroid dienone is 6. The Morgan fingerprint density at radius 1 is 0.673 bits per heavy atom. The lowest BCUT2D eigenvalue weighted by molar-refractivity contribution is 0.718. The third-order valence-electron chi connectivity index (χ3n) is 10.5. The lowest BCUT2D eigenvalue weighted by Gasteiger charge is -2.41. The van der Waals surface area contributed by atoms with Gasteiger partial charge in [-0.2, -0.15) is 0 Å². The second-order valence-electron chi connectivity index (χ2n) is 13.3. The summed E-state index contributed by atoms with van der Waals surface area (Å²) in [5.74, 6) is 0. The zero-order valence-electron chi connectivity index (χ0n) is 28.7. The van der Waals surface area contributed by atoms with E-state index in [4.69, 9.17) is 12.6 Å². The summed E-state index contributed by atoms with van der Waals surface area (Å²) in [5, 5.41) is 1.33. The van der Waals surface area contributed by atoms with Gasteiger partial charge in [0.1, 0.15) is 0 Å². The molecule has 0 amide bonds. The molecule has 1 nitrogen and oxygen atoms in total. The van der Waals surface area contributed by atoms with Crippen molar-refractivity contribution in [2.45, 2.75) is 32.9 Å². The Morgan fingerprint density at radius 2 is 1.42 bits per heavy atom. The third kappa shape index (κ3) is 5.27. The molecule has 1 unspecified atom stereocenters. The van der Waals surface area contributed by atoms with Crippen LogP contribution in [0.5, 0.6) is 0 Å². The maximum absolute atomic E-state index is 5.41. The fourth-order valence-electron chi connectivity index (χ4n) is 8.32. The first-order valence-electron chi connectivity index (χ1n) is 17.8. The van der Waals surface area contributed by atoms with Gasteiger partial charge in [0.05, 0.1) is 10.9 Å². The molecule has 0 radical (unpaired) electrons. The number of nitrogens with zero attached hydrogens (tertiary/aromatic N) is 1. The van der Waals surface area contributed by atoms with Crippen molar-refractivity contribution >= 4 is 41.4 Å². The summed E-state index contributed by atoms with van der Waals surface area (Å²) in [6, 6.07) is 50.8. The van der Waals surface area contributed by atoms with Crippen LogP contribution < -0.4 is 0 Å². The van der Waals surface area contributed by atoms with Crippen molar-refractivity contribution in [1.82, 2.24) is 4.57 Å². The van der Waals surface area contributed by atoms with Crippen LogP contribution in [0.1, 0.15) is 34.4 Å². The number of para-hydroxylation sites is 1. The van der Waals surface area contributed by atoms with Gasteiger partial charge < -0.3 is 4.57 Å². The van der Waals surface area contributed by atoms with Gasteiger partial charge in [0.2, 0.25) is 0 Å². The Balaban J connectivity index is 1.30. The molecule has 0 saturated heterocycles. The molecule has 3 heteroatoms. The van der Waals surface area contributed by atoms with Gasteiger partial charge in [0.25, 0.3) is 0 Å². The summed E-state index contributed by atoms with van der Waals surface area (Å²) in [6.07, 6.45) is 17.1. The van der Waals surface area contributed by atoms with E-state index in [1.54, 1.807) is 0 Å². The number of fused-ring (bicyclic) bond motifs is 5. The first-order valence-corrected chi connectivity index (χ1v) is 19.1. The lowest BCUT2D eigenvalue weighted by Crippen LogP contribution is -2.32. The molecule has 250 valence electrons. The van der Waals surface area contributed by atoms with Gasteiger partial charge in [-0.3, -0.25) is 0 Å². The second kappa shape index (κ2) is 13.6. The molecular formula is C49H37NS2. The highest BCUT2D eigenvalue weighted by Gasteiger charge is 2.43. The van der Waals surface area contributed by atoms with Gasteiger partial charge in [-0.15, -0.1) is 12.6 Å². The van der Waals surface area contributed by atoms with E-state index in [1.165, 1.54) is 71.0 Å². The molecule has 52 heavy (non-hydrogen) atoms. The Kier molecular flexibility index (Phi) is 8.47. The second-order valence-corrected chi connectivity index (χ2v) is 14.9. The molecule has 0 fully saturated rings. The number of aryl methyl sites for hydroxylation is 1. The molecule has 6 aromatic carbocycles. The normalized spacial score (nSPS) is 16.2. The summed E-state index contributed by atoms with van der Waals surface area (Å²) < 4.78 is 2.43. The van der Waals surface area contributed by atoms with Crippen molar-refractivity contribution in [2.24, 2.45) is 0 Å². The summed E-state index contributed by atoms with van der Waals surface area (Å²) in [5.41, 5.74) is 13.0. The largest absolute Gasteiger partial charge is 0.310 e. The summed E-state index contributed by atoms with van der Waals surface area (Å²) in [6.45, 7) is 3.92. The van der Waals surface area contributed by atoms with Crippen molar-refractivity contribution in [1.29, 1.82) is 0 Å². The number of rotatable bonds is 7. The molecule has 2 aliphatic rings. The van der Waals surface area contributed by atoms with Crippen molar-refractivity contribution in [2.75, 3.05) is 0 Å². The number of benzene rings is 6. The molecule has 0 spiro atoms. The van der Waals surface area contributed by atoms with E-state index in [-0.39, 0.29) is 0 Å². The minimum atomic E-state index is -0.614. The molecule has 7 aromatic rings. The van der Waals surface area contributed by atoms with E-state index in [0.717, 1.165) is 23.3 Å². The van der Waals surface area contributed by atoms with Crippen LogP contribution >= 0.6 is 24.4 Å². The Hall–Kier alpha value is -5.48. The van der Waals surface area contributed by atoms with Crippen LogP contribution in [0.2, 0.25) is 0 Å². The van der Waals surface area contributed by atoms with Crippen LogP contribution in [0, 0.1) is 0 Å². The monoisotopic (exact) mass is 703 g/mol. The topological polar surface area (TPSA) is 4.93 Å². The SMILES string of the molecule is C=C/C=C\C=C/C1(c2ccc(-c3cccc4c3c3c(n4-c4ccccc4)C=CCC3)cc2S)c2ccccc2Sc2cccc(-c3ccccc3)c21. The van der Waals surface area contributed by atoms with Crippen molar-refractivity contribution < 1.29 is 0 Å². The molecule has 1 aromatic heterocycles. The highest BCUT2D eigenvalue weighted by Crippen LogP contribution is 2.57. The van der Waals surface area contributed by atoms with Crippen LogP contribution in [0.25, 0.3) is 44.9 Å². The fourth-order valence-corrected chi connectivity index (χ4v) is 9.95. The smallest absolute Gasteiger partial charge is 0.0674 e. The Morgan fingerprint density at radius 3 is 2.25 bits per heavy atom. The number of hydrogen-bond acceptors (Lipinski definition) is 2. The predicted octanol–water partition coefficient (Wildman–Crippen LogP) is 13.3. The lowest BCUT2D eigenvalue weighted by atomic mass is 9.66. The Bertz CT molecular complexity index is 2570. The van der Waals surface area contributed by atoms with E-state index in [0.29, 0.717) is 0 Å². The van der Waals surface area contributed by atoms with E-state index >= 15 is 0 Å². The minimum Gasteiger partial charge on any atom is -0.310 e. The molecule has 1 aliphatic heterocycles. The van der Waals surface area contributed by atoms with Crippen LogP contribution in [0.3, 0.4) is 0 Å². The molecule has 9 rings (SSSR count). The van der Waals surface area contributed by atoms with Crippen molar-refractivity contribution in [3.05, 3.63) is 211 Å². The zero-order valence-corrected chi connectivity index (χ0v) is 30.5. The number of aromatic nitrogens is 1. The van der Waals surface area contributed by atoms with E-state index in [9.17, 15) is 0 Å². The number of hydrogen-bond donors (Lipinski definition) is 1. The van der Waals surface area contributed by atoms with Gasteiger partial charge in [-0.1, -0.05) is 158 Å². The molecule has 1 aliphatic carbocycles. The minimum absolute atomic E-state index is 0.614. The van der Waals surface area contributed by atoms with Gasteiger partial charge in [-0.05, 0) is 99.8 Å². The molecule has 2 heterocycles. The maximum atomic E-state index is 5.41. The van der Waals surface area contributed by atoms with Crippen molar-refractivity contribution in [3.8, 4) is 27.9 Å². The highest BCUT2D eigenvalue weighted by atomic mass is 32.2. The standard InChI is InChI=1S/C49H37NS2/c1-2-3-4-15-32-49(41-25-12-14-28-45(41)52-46-29-17-24-38(48(46)49)34-18-7-5-8-19-34)40-31-30-35(33-44(40)51)37-23-16-27-43-47(37)39-22-11-13-26-42(39)50(43)36-20-9-6-10-21-36/h2-10,12-21,23-33,51H,1,11,22H2/b4-3-,32-15-. The first kappa shape index (κ1) is 32.4. The average Bonchev–Trinajstić information content (AvgIpc) is 3.54. The van der Waals surface area contributed by atoms with Crippen LogP contribution in [0.4, 0.5) is 0 Å². The van der Waals surface area contributed by atoms with E-state index in [2.05, 4.69) is 181 Å². The molecule has 0 N–H and O–H groups in total. The maximum Gasteiger partial charge on any atom is 0.0674 e. The van der Waals surface area contributed by atoms with Gasteiger partial charge in [0.15, 0.2) is 0 Å². The number of thiol groups is 1. The van der Waals surface area contributed by atoms with E-state index in [1.807, 2.05) is 23.9 Å². The third-order valence-corrected chi connectivity index (χ3v) is 12.0. The Labute approximate surface area is 315 Å². The summed E-state index contributed by atoms with van der Waals surface area (Å²) in [4.78, 5) is 3.46. The fraction of sp³-hybridized carbons (Fsp3) is 0.0612. The van der Waals surface area contributed by atoms with Gasteiger partial charge >= 0.3 is 0 Å². The van der Waals surface area contributed by atoms with Crippen LogP contribution in [-0.2, 0) is 11.8 Å². The van der Waals surface area contributed by atoms with Crippen LogP contribution in [-0.4, -0.2) is 4.57 Å². The molecule has 0 saturated carbocycles. The predicted molar refractivity (Wildman–Crippen MR) is 224 cm³/mol. The highest BCUT2D eigenvalue weighted by molar-refractivity contribution is 7.99.